The Morgan fingerprint density at radius 3 is 2.05 bits per heavy atom. The molecule has 116 valence electrons. The normalized spacial score (nSPS) is 38.8. The molecule has 0 heterocycles. The van der Waals surface area contributed by atoms with Crippen molar-refractivity contribution in [2.75, 3.05) is 0 Å². The lowest BCUT2D eigenvalue weighted by Gasteiger charge is -2.45. The van der Waals surface area contributed by atoms with E-state index in [-0.39, 0.29) is 10.8 Å². The number of carbonyl (C=O) groups is 2. The van der Waals surface area contributed by atoms with E-state index < -0.39 is 23.8 Å². The summed E-state index contributed by atoms with van der Waals surface area (Å²) < 4.78 is 0. The smallest absolute Gasteiger partial charge is 0.307 e. The van der Waals surface area contributed by atoms with Crippen LogP contribution in [-0.4, -0.2) is 22.2 Å². The van der Waals surface area contributed by atoms with Gasteiger partial charge in [0.05, 0.1) is 11.8 Å². The van der Waals surface area contributed by atoms with Crippen LogP contribution in [0.15, 0.2) is 0 Å². The van der Waals surface area contributed by atoms with Crippen molar-refractivity contribution in [2.45, 2.75) is 66.2 Å². The molecule has 20 heavy (non-hydrogen) atoms. The van der Waals surface area contributed by atoms with Crippen molar-refractivity contribution in [1.29, 1.82) is 0 Å². The van der Waals surface area contributed by atoms with Crippen molar-refractivity contribution in [2.24, 2.45) is 22.7 Å². The molecule has 4 nitrogen and oxygen atoms in total. The summed E-state index contributed by atoms with van der Waals surface area (Å²) in [6, 6.07) is 0. The Morgan fingerprint density at radius 2 is 1.65 bits per heavy atom. The van der Waals surface area contributed by atoms with Gasteiger partial charge in [0.1, 0.15) is 0 Å². The van der Waals surface area contributed by atoms with Crippen LogP contribution >= 0.6 is 0 Å². The van der Waals surface area contributed by atoms with Crippen molar-refractivity contribution in [3.63, 3.8) is 0 Å². The Balaban J connectivity index is 3.14. The highest BCUT2D eigenvalue weighted by Gasteiger charge is 2.45. The quantitative estimate of drug-likeness (QED) is 0.823. The molecule has 0 aromatic carbocycles. The van der Waals surface area contributed by atoms with E-state index in [9.17, 15) is 19.8 Å². The third kappa shape index (κ3) is 3.53. The van der Waals surface area contributed by atoms with Crippen LogP contribution in [0.2, 0.25) is 0 Å². The van der Waals surface area contributed by atoms with Gasteiger partial charge in [-0.15, -0.1) is 0 Å². The fourth-order valence-electron chi connectivity index (χ4n) is 3.86. The number of hydrogen-bond acceptors (Lipinski definition) is 2. The number of carboxylic acids is 2. The molecule has 1 aliphatic carbocycles. The Hall–Kier alpha value is -1.06. The van der Waals surface area contributed by atoms with Crippen LogP contribution in [-0.2, 0) is 9.59 Å². The molecule has 0 bridgehead atoms. The van der Waals surface area contributed by atoms with E-state index in [1.54, 1.807) is 0 Å². The molecular formula is C16H28O4. The van der Waals surface area contributed by atoms with E-state index in [0.717, 1.165) is 19.3 Å². The maximum atomic E-state index is 11.6. The minimum atomic E-state index is -0.783. The lowest BCUT2D eigenvalue weighted by molar-refractivity contribution is -0.152. The zero-order valence-electron chi connectivity index (χ0n) is 13.1. The maximum absolute atomic E-state index is 11.6. The summed E-state index contributed by atoms with van der Waals surface area (Å²) >= 11 is 0. The van der Waals surface area contributed by atoms with E-state index >= 15 is 0 Å². The van der Waals surface area contributed by atoms with Gasteiger partial charge < -0.3 is 10.2 Å². The zero-order chi connectivity index (χ0) is 15.6. The second-order valence-electron chi connectivity index (χ2n) is 7.06. The largest absolute Gasteiger partial charge is 0.481 e. The average molecular weight is 284 g/mol. The minimum absolute atomic E-state index is 0.0953. The molecule has 0 spiro atoms. The third-order valence-electron chi connectivity index (χ3n) is 5.52. The molecule has 0 radical (unpaired) electrons. The highest BCUT2D eigenvalue weighted by atomic mass is 16.4. The fourth-order valence-corrected chi connectivity index (χ4v) is 3.86. The van der Waals surface area contributed by atoms with Crippen molar-refractivity contribution in [3.8, 4) is 0 Å². The predicted octanol–water partition coefficient (Wildman–Crippen LogP) is 3.79. The molecule has 0 aliphatic heterocycles. The zero-order valence-corrected chi connectivity index (χ0v) is 13.1. The summed E-state index contributed by atoms with van der Waals surface area (Å²) in [7, 11) is 0. The standard InChI is InChI=1S/C16H28O4/c1-5-15(3)9-11(13(17)18)7-8-12(14(19)20)16(4,6-2)10-15/h11-12H,5-10H2,1-4H3,(H,17,18)(H,19,20). The number of rotatable bonds is 4. The van der Waals surface area contributed by atoms with E-state index in [2.05, 4.69) is 20.8 Å². The van der Waals surface area contributed by atoms with Gasteiger partial charge in [-0.1, -0.05) is 34.1 Å². The topological polar surface area (TPSA) is 74.6 Å². The van der Waals surface area contributed by atoms with Gasteiger partial charge in [-0.3, -0.25) is 9.59 Å². The van der Waals surface area contributed by atoms with Gasteiger partial charge in [0.25, 0.3) is 0 Å². The van der Waals surface area contributed by atoms with Crippen LogP contribution in [0.5, 0.6) is 0 Å². The van der Waals surface area contributed by atoms with E-state index in [1.165, 1.54) is 0 Å². The van der Waals surface area contributed by atoms with E-state index in [0.29, 0.717) is 19.3 Å². The molecule has 1 fully saturated rings. The molecule has 1 rings (SSSR count). The summed E-state index contributed by atoms with van der Waals surface area (Å²) in [5, 5.41) is 18.9. The molecule has 1 aliphatic rings. The first kappa shape index (κ1) is 17.0. The second-order valence-corrected chi connectivity index (χ2v) is 7.06. The predicted molar refractivity (Wildman–Crippen MR) is 77.5 cm³/mol. The van der Waals surface area contributed by atoms with Crippen molar-refractivity contribution < 1.29 is 19.8 Å². The SMILES string of the molecule is CCC1(C)CC(C(=O)O)CCC(C(=O)O)C(C)(CC)C1. The molecule has 0 aromatic rings. The highest BCUT2D eigenvalue weighted by molar-refractivity contribution is 5.72. The molecule has 0 aromatic heterocycles. The lowest BCUT2D eigenvalue weighted by Crippen LogP contribution is -2.41. The average Bonchev–Trinajstić information content (AvgIpc) is 2.35. The first-order chi connectivity index (χ1) is 9.17. The van der Waals surface area contributed by atoms with E-state index in [4.69, 9.17) is 0 Å². The molecule has 0 amide bonds. The second kappa shape index (κ2) is 6.15. The Morgan fingerprint density at radius 1 is 1.05 bits per heavy atom. The van der Waals surface area contributed by atoms with Gasteiger partial charge in [-0.05, 0) is 42.9 Å². The van der Waals surface area contributed by atoms with Gasteiger partial charge >= 0.3 is 11.9 Å². The Bertz CT molecular complexity index is 379. The maximum Gasteiger partial charge on any atom is 0.307 e. The molecule has 1 saturated carbocycles. The van der Waals surface area contributed by atoms with Gasteiger partial charge in [0, 0.05) is 0 Å². The van der Waals surface area contributed by atoms with Crippen LogP contribution in [0.1, 0.15) is 66.2 Å². The van der Waals surface area contributed by atoms with Gasteiger partial charge in [0.2, 0.25) is 0 Å². The molecule has 4 heteroatoms. The summed E-state index contributed by atoms with van der Waals surface area (Å²) in [6.45, 7) is 8.29. The van der Waals surface area contributed by atoms with Gasteiger partial charge in [0.15, 0.2) is 0 Å². The van der Waals surface area contributed by atoms with Gasteiger partial charge in [-0.2, -0.15) is 0 Å². The molecular weight excluding hydrogens is 256 g/mol. The van der Waals surface area contributed by atoms with Crippen LogP contribution in [0.3, 0.4) is 0 Å². The minimum Gasteiger partial charge on any atom is -0.481 e. The monoisotopic (exact) mass is 284 g/mol. The molecule has 4 unspecified atom stereocenters. The lowest BCUT2D eigenvalue weighted by atomic mass is 9.59. The number of carboxylic acid groups (broad SMARTS) is 2. The first-order valence-corrected chi connectivity index (χ1v) is 7.63. The summed E-state index contributed by atoms with van der Waals surface area (Å²) in [5.41, 5.74) is -0.345. The van der Waals surface area contributed by atoms with Crippen molar-refractivity contribution in [3.05, 3.63) is 0 Å². The number of hydrogen-bond donors (Lipinski definition) is 2. The van der Waals surface area contributed by atoms with Crippen LogP contribution in [0.4, 0.5) is 0 Å². The van der Waals surface area contributed by atoms with Crippen LogP contribution in [0, 0.1) is 22.7 Å². The molecule has 2 N–H and O–H groups in total. The molecule has 0 saturated heterocycles. The van der Waals surface area contributed by atoms with Crippen LogP contribution in [0.25, 0.3) is 0 Å². The third-order valence-corrected chi connectivity index (χ3v) is 5.52. The molecule has 4 atom stereocenters. The van der Waals surface area contributed by atoms with Crippen LogP contribution < -0.4 is 0 Å². The van der Waals surface area contributed by atoms with Crippen molar-refractivity contribution in [1.82, 2.24) is 0 Å². The first-order valence-electron chi connectivity index (χ1n) is 7.63. The van der Waals surface area contributed by atoms with Crippen molar-refractivity contribution >= 4 is 11.9 Å². The number of aliphatic carboxylic acids is 2. The fraction of sp³-hybridized carbons (Fsp3) is 0.875. The van der Waals surface area contributed by atoms with Gasteiger partial charge in [-0.25, -0.2) is 0 Å². The summed E-state index contributed by atoms with van der Waals surface area (Å²) in [5.74, 6) is -2.42. The summed E-state index contributed by atoms with van der Waals surface area (Å²) in [4.78, 5) is 23.0. The Labute approximate surface area is 121 Å². The highest BCUT2D eigenvalue weighted by Crippen LogP contribution is 2.50. The summed E-state index contributed by atoms with van der Waals surface area (Å²) in [6.07, 6.45) is 4.08. The van der Waals surface area contributed by atoms with E-state index in [1.807, 2.05) is 6.92 Å². The Kier molecular flexibility index (Phi) is 5.22.